The zero-order chi connectivity index (χ0) is 13.3. The number of nitrogens with two attached hydrogens (primary N) is 1. The van der Waals surface area contributed by atoms with E-state index in [9.17, 15) is 5.11 Å². The third kappa shape index (κ3) is 2.82. The molecule has 3 fully saturated rings. The Morgan fingerprint density at radius 1 is 0.947 bits per heavy atom. The molecule has 110 valence electrons. The van der Waals surface area contributed by atoms with Crippen LogP contribution in [0.1, 0.15) is 51.4 Å². The van der Waals surface area contributed by atoms with Crippen molar-refractivity contribution in [3.05, 3.63) is 0 Å². The standard InChI is InChI=1S/C15H27NO3/c16-13-1-4-15(17,5-2-13)12-3-8-19-14(11-12)6-9-18-10-7-14/h12-13,17H,1-11,16H2. The maximum absolute atomic E-state index is 11.0. The fourth-order valence-electron chi connectivity index (χ4n) is 4.13. The molecule has 0 aromatic carbocycles. The van der Waals surface area contributed by atoms with Crippen LogP contribution in [0.4, 0.5) is 0 Å². The van der Waals surface area contributed by atoms with Gasteiger partial charge in [0.2, 0.25) is 0 Å². The molecule has 0 amide bonds. The summed E-state index contributed by atoms with van der Waals surface area (Å²) in [6.07, 6.45) is 7.62. The van der Waals surface area contributed by atoms with Crippen molar-refractivity contribution < 1.29 is 14.6 Å². The Labute approximate surface area is 115 Å². The molecule has 1 unspecified atom stereocenters. The molecule has 2 aliphatic heterocycles. The second-order valence-electron chi connectivity index (χ2n) is 6.77. The summed E-state index contributed by atoms with van der Waals surface area (Å²) >= 11 is 0. The summed E-state index contributed by atoms with van der Waals surface area (Å²) in [6, 6.07) is 0.289. The van der Waals surface area contributed by atoms with Gasteiger partial charge in [-0.3, -0.25) is 0 Å². The molecule has 0 aromatic heterocycles. The van der Waals surface area contributed by atoms with Gasteiger partial charge < -0.3 is 20.3 Å². The molecule has 19 heavy (non-hydrogen) atoms. The molecule has 4 nitrogen and oxygen atoms in total. The Kier molecular flexibility index (Phi) is 3.87. The van der Waals surface area contributed by atoms with Crippen LogP contribution in [0.15, 0.2) is 0 Å². The summed E-state index contributed by atoms with van der Waals surface area (Å²) in [6.45, 7) is 2.39. The van der Waals surface area contributed by atoms with Gasteiger partial charge in [-0.25, -0.2) is 0 Å². The largest absolute Gasteiger partial charge is 0.390 e. The lowest BCUT2D eigenvalue weighted by molar-refractivity contribution is -0.180. The number of hydrogen-bond acceptors (Lipinski definition) is 4. The van der Waals surface area contributed by atoms with E-state index >= 15 is 0 Å². The van der Waals surface area contributed by atoms with Gasteiger partial charge in [-0.2, -0.15) is 0 Å². The van der Waals surface area contributed by atoms with Gasteiger partial charge >= 0.3 is 0 Å². The van der Waals surface area contributed by atoms with E-state index in [2.05, 4.69) is 0 Å². The molecule has 3 N–H and O–H groups in total. The Morgan fingerprint density at radius 2 is 1.63 bits per heavy atom. The fraction of sp³-hybridized carbons (Fsp3) is 1.00. The first-order valence-electron chi connectivity index (χ1n) is 7.82. The van der Waals surface area contributed by atoms with Crippen molar-refractivity contribution in [2.24, 2.45) is 11.7 Å². The minimum absolute atomic E-state index is 0.0174. The second kappa shape index (κ2) is 5.32. The lowest BCUT2D eigenvalue weighted by Gasteiger charge is -2.49. The van der Waals surface area contributed by atoms with Crippen LogP contribution in [-0.4, -0.2) is 42.2 Å². The minimum Gasteiger partial charge on any atom is -0.390 e. The first-order valence-corrected chi connectivity index (χ1v) is 7.82. The van der Waals surface area contributed by atoms with E-state index in [4.69, 9.17) is 15.2 Å². The zero-order valence-corrected chi connectivity index (χ0v) is 11.8. The van der Waals surface area contributed by atoms with Crippen LogP contribution >= 0.6 is 0 Å². The van der Waals surface area contributed by atoms with E-state index < -0.39 is 5.60 Å². The van der Waals surface area contributed by atoms with Crippen molar-refractivity contribution in [3.63, 3.8) is 0 Å². The Morgan fingerprint density at radius 3 is 2.32 bits per heavy atom. The van der Waals surface area contributed by atoms with E-state index in [0.717, 1.165) is 71.2 Å². The van der Waals surface area contributed by atoms with Gasteiger partial charge in [0, 0.05) is 25.9 Å². The zero-order valence-electron chi connectivity index (χ0n) is 11.8. The maximum Gasteiger partial charge on any atom is 0.0730 e. The molecule has 1 aliphatic carbocycles. The molecular weight excluding hydrogens is 242 g/mol. The van der Waals surface area contributed by atoms with Gasteiger partial charge in [-0.15, -0.1) is 0 Å². The average molecular weight is 269 g/mol. The van der Waals surface area contributed by atoms with E-state index in [1.165, 1.54) is 0 Å². The van der Waals surface area contributed by atoms with Crippen molar-refractivity contribution >= 4 is 0 Å². The number of aliphatic hydroxyl groups is 1. The molecule has 0 aromatic rings. The average Bonchev–Trinajstić information content (AvgIpc) is 2.43. The molecular formula is C15H27NO3. The SMILES string of the molecule is NC1CCC(O)(C2CCOC3(CCOCC3)C2)CC1. The van der Waals surface area contributed by atoms with Crippen LogP contribution in [0, 0.1) is 5.92 Å². The summed E-state index contributed by atoms with van der Waals surface area (Å²) < 4.78 is 11.5. The highest BCUT2D eigenvalue weighted by atomic mass is 16.5. The van der Waals surface area contributed by atoms with Crippen molar-refractivity contribution in [1.82, 2.24) is 0 Å². The molecule has 1 atom stereocenters. The van der Waals surface area contributed by atoms with Crippen molar-refractivity contribution in [3.8, 4) is 0 Å². The summed E-state index contributed by atoms with van der Waals surface area (Å²) in [7, 11) is 0. The quantitative estimate of drug-likeness (QED) is 0.759. The van der Waals surface area contributed by atoms with Gasteiger partial charge in [-0.05, 0) is 57.3 Å². The van der Waals surface area contributed by atoms with Crippen LogP contribution in [0.2, 0.25) is 0 Å². The predicted molar refractivity (Wildman–Crippen MR) is 72.9 cm³/mol. The lowest BCUT2D eigenvalue weighted by Crippen LogP contribution is -2.52. The van der Waals surface area contributed by atoms with E-state index in [1.807, 2.05) is 0 Å². The summed E-state index contributed by atoms with van der Waals surface area (Å²) in [5.74, 6) is 0.381. The smallest absolute Gasteiger partial charge is 0.0730 e. The highest BCUT2D eigenvalue weighted by Crippen LogP contribution is 2.45. The molecule has 0 bridgehead atoms. The normalized spacial score (nSPS) is 43.3. The fourth-order valence-corrected chi connectivity index (χ4v) is 4.13. The highest BCUT2D eigenvalue weighted by molar-refractivity contribution is 4.99. The molecule has 2 saturated heterocycles. The van der Waals surface area contributed by atoms with Crippen molar-refractivity contribution in [2.75, 3.05) is 19.8 Å². The molecule has 3 rings (SSSR count). The molecule has 3 aliphatic rings. The van der Waals surface area contributed by atoms with Crippen LogP contribution in [0.25, 0.3) is 0 Å². The molecule has 1 spiro atoms. The van der Waals surface area contributed by atoms with Crippen LogP contribution in [-0.2, 0) is 9.47 Å². The van der Waals surface area contributed by atoms with Crippen molar-refractivity contribution in [1.29, 1.82) is 0 Å². The van der Waals surface area contributed by atoms with Gasteiger partial charge in [0.25, 0.3) is 0 Å². The molecule has 1 saturated carbocycles. The molecule has 0 radical (unpaired) electrons. The van der Waals surface area contributed by atoms with Gasteiger partial charge in [0.05, 0.1) is 11.2 Å². The topological polar surface area (TPSA) is 64.7 Å². The van der Waals surface area contributed by atoms with Crippen LogP contribution < -0.4 is 5.73 Å². The maximum atomic E-state index is 11.0. The number of rotatable bonds is 1. The van der Waals surface area contributed by atoms with Crippen molar-refractivity contribution in [2.45, 2.75) is 68.6 Å². The summed E-state index contributed by atoms with van der Waals surface area (Å²) in [4.78, 5) is 0. The first kappa shape index (κ1) is 13.8. The minimum atomic E-state index is -0.495. The monoisotopic (exact) mass is 269 g/mol. The molecule has 4 heteroatoms. The first-order chi connectivity index (χ1) is 9.12. The highest BCUT2D eigenvalue weighted by Gasteiger charge is 2.47. The lowest BCUT2D eigenvalue weighted by atomic mass is 9.67. The van der Waals surface area contributed by atoms with E-state index in [-0.39, 0.29) is 11.6 Å². The Balaban J connectivity index is 1.67. The summed E-state index contributed by atoms with van der Waals surface area (Å²) in [5, 5.41) is 11.0. The Hall–Kier alpha value is -0.160. The van der Waals surface area contributed by atoms with Gasteiger partial charge in [0.1, 0.15) is 0 Å². The second-order valence-corrected chi connectivity index (χ2v) is 6.77. The third-order valence-electron chi connectivity index (χ3n) is 5.55. The summed E-state index contributed by atoms with van der Waals surface area (Å²) in [5.41, 5.74) is 5.46. The molecule has 2 heterocycles. The van der Waals surface area contributed by atoms with Gasteiger partial charge in [0.15, 0.2) is 0 Å². The Bertz CT molecular complexity index is 301. The third-order valence-corrected chi connectivity index (χ3v) is 5.55. The van der Waals surface area contributed by atoms with Crippen LogP contribution in [0.3, 0.4) is 0 Å². The number of hydrogen-bond donors (Lipinski definition) is 2. The predicted octanol–water partition coefficient (Wildman–Crippen LogP) is 1.59. The number of ether oxygens (including phenoxy) is 2. The van der Waals surface area contributed by atoms with E-state index in [1.54, 1.807) is 0 Å². The van der Waals surface area contributed by atoms with Crippen LogP contribution in [0.5, 0.6) is 0 Å². The van der Waals surface area contributed by atoms with E-state index in [0.29, 0.717) is 5.92 Å². The van der Waals surface area contributed by atoms with Gasteiger partial charge in [-0.1, -0.05) is 0 Å².